The molecule has 0 radical (unpaired) electrons. The quantitative estimate of drug-likeness (QED) is 0.738. The third-order valence-corrected chi connectivity index (χ3v) is 2.89. The van der Waals surface area contributed by atoms with Crippen LogP contribution in [-0.4, -0.2) is 33.3 Å². The smallest absolute Gasteiger partial charge is 0.220 e. The molecule has 0 aliphatic carbocycles. The summed E-state index contributed by atoms with van der Waals surface area (Å²) >= 11 is 0. The molecule has 1 aromatic rings. The maximum Gasteiger partial charge on any atom is 0.220 e. The number of aromatic nitrogens is 3. The van der Waals surface area contributed by atoms with E-state index in [-0.39, 0.29) is 18.0 Å². The molecule has 6 nitrogen and oxygen atoms in total. The van der Waals surface area contributed by atoms with Gasteiger partial charge in [0.25, 0.3) is 0 Å². The van der Waals surface area contributed by atoms with Crippen LogP contribution in [0.1, 0.15) is 31.6 Å². The van der Waals surface area contributed by atoms with Crippen molar-refractivity contribution in [3.05, 3.63) is 12.2 Å². The number of rotatable bonds is 4. The summed E-state index contributed by atoms with van der Waals surface area (Å²) in [6, 6.07) is 0.396. The predicted molar refractivity (Wildman–Crippen MR) is 58.6 cm³/mol. The van der Waals surface area contributed by atoms with Crippen LogP contribution >= 0.6 is 0 Å². The first-order valence-corrected chi connectivity index (χ1v) is 5.53. The van der Waals surface area contributed by atoms with E-state index in [9.17, 15) is 4.79 Å². The van der Waals surface area contributed by atoms with Crippen molar-refractivity contribution in [1.29, 1.82) is 0 Å². The number of hydrogen-bond donors (Lipinski definition) is 2. The summed E-state index contributed by atoms with van der Waals surface area (Å²) in [5.74, 6) is 1.06. The Balaban J connectivity index is 1.82. The Morgan fingerprint density at radius 1 is 1.75 bits per heavy atom. The first-order chi connectivity index (χ1) is 7.66. The third kappa shape index (κ3) is 2.38. The van der Waals surface area contributed by atoms with Crippen molar-refractivity contribution in [1.82, 2.24) is 25.4 Å². The molecule has 16 heavy (non-hydrogen) atoms. The van der Waals surface area contributed by atoms with E-state index < -0.39 is 0 Å². The summed E-state index contributed by atoms with van der Waals surface area (Å²) in [7, 11) is 1.92. The molecule has 1 amide bonds. The van der Waals surface area contributed by atoms with Gasteiger partial charge in [-0.2, -0.15) is 0 Å². The highest BCUT2D eigenvalue weighted by atomic mass is 16.1. The van der Waals surface area contributed by atoms with Crippen LogP contribution in [0.25, 0.3) is 0 Å². The van der Waals surface area contributed by atoms with Crippen LogP contribution in [0.5, 0.6) is 0 Å². The van der Waals surface area contributed by atoms with Gasteiger partial charge in [0.15, 0.2) is 0 Å². The van der Waals surface area contributed by atoms with Gasteiger partial charge in [0.05, 0.1) is 6.04 Å². The van der Waals surface area contributed by atoms with E-state index in [2.05, 4.69) is 20.8 Å². The Labute approximate surface area is 94.4 Å². The standard InChI is InChI=1S/C10H17N5O/c1-7(10-14-12-6-15(10)2)11-5-8-3-4-9(16)13-8/h6-8,11H,3-5H2,1-2H3,(H,13,16). The first kappa shape index (κ1) is 11.1. The summed E-state index contributed by atoms with van der Waals surface area (Å²) in [6.07, 6.45) is 3.24. The number of aryl methyl sites for hydroxylation is 1. The van der Waals surface area contributed by atoms with Gasteiger partial charge in [0, 0.05) is 26.1 Å². The number of carbonyl (C=O) groups is 1. The van der Waals surface area contributed by atoms with E-state index in [4.69, 9.17) is 0 Å². The van der Waals surface area contributed by atoms with Crippen LogP contribution in [0.3, 0.4) is 0 Å². The summed E-state index contributed by atoms with van der Waals surface area (Å²) in [5.41, 5.74) is 0. The van der Waals surface area contributed by atoms with Gasteiger partial charge < -0.3 is 15.2 Å². The Morgan fingerprint density at radius 2 is 2.56 bits per heavy atom. The number of nitrogens with one attached hydrogen (secondary N) is 2. The fourth-order valence-electron chi connectivity index (χ4n) is 1.92. The molecule has 0 saturated carbocycles. The van der Waals surface area contributed by atoms with E-state index in [1.165, 1.54) is 0 Å². The molecule has 0 bridgehead atoms. The zero-order valence-corrected chi connectivity index (χ0v) is 9.60. The van der Waals surface area contributed by atoms with Gasteiger partial charge >= 0.3 is 0 Å². The van der Waals surface area contributed by atoms with Gasteiger partial charge in [0.1, 0.15) is 12.2 Å². The van der Waals surface area contributed by atoms with Crippen molar-refractivity contribution < 1.29 is 4.79 Å². The van der Waals surface area contributed by atoms with E-state index in [0.29, 0.717) is 6.42 Å². The lowest BCUT2D eigenvalue weighted by Crippen LogP contribution is -2.37. The maximum atomic E-state index is 11.0. The molecule has 6 heteroatoms. The monoisotopic (exact) mass is 223 g/mol. The van der Waals surface area contributed by atoms with Crippen LogP contribution in [-0.2, 0) is 11.8 Å². The van der Waals surface area contributed by atoms with Crippen LogP contribution in [0.15, 0.2) is 6.33 Å². The second kappa shape index (κ2) is 4.61. The molecule has 88 valence electrons. The number of nitrogens with zero attached hydrogens (tertiary/aromatic N) is 3. The van der Waals surface area contributed by atoms with Crippen molar-refractivity contribution in [3.63, 3.8) is 0 Å². The third-order valence-electron chi connectivity index (χ3n) is 2.89. The fourth-order valence-corrected chi connectivity index (χ4v) is 1.92. The van der Waals surface area contributed by atoms with Crippen molar-refractivity contribution in [3.8, 4) is 0 Å². The Kier molecular flexibility index (Phi) is 3.19. The SMILES string of the molecule is CC(NCC1CCC(=O)N1)c1nncn1C. The maximum absolute atomic E-state index is 11.0. The number of hydrogen-bond acceptors (Lipinski definition) is 4. The molecule has 1 aliphatic heterocycles. The van der Waals surface area contributed by atoms with Crippen molar-refractivity contribution in [2.24, 2.45) is 7.05 Å². The van der Waals surface area contributed by atoms with Crippen molar-refractivity contribution in [2.45, 2.75) is 31.8 Å². The lowest BCUT2D eigenvalue weighted by atomic mass is 10.2. The molecule has 2 N–H and O–H groups in total. The Bertz CT molecular complexity index is 375. The minimum Gasteiger partial charge on any atom is -0.352 e. The Hall–Kier alpha value is -1.43. The second-order valence-electron chi connectivity index (χ2n) is 4.23. The molecule has 1 fully saturated rings. The normalized spacial score (nSPS) is 22.1. The molecule has 2 unspecified atom stereocenters. The van der Waals surface area contributed by atoms with Gasteiger partial charge in [-0.25, -0.2) is 0 Å². The fraction of sp³-hybridized carbons (Fsp3) is 0.700. The minimum atomic E-state index is 0.144. The van der Waals surface area contributed by atoms with Crippen LogP contribution < -0.4 is 10.6 Å². The highest BCUT2D eigenvalue weighted by molar-refractivity contribution is 5.78. The average molecular weight is 223 g/mol. The number of carbonyl (C=O) groups excluding carboxylic acids is 1. The minimum absolute atomic E-state index is 0.144. The summed E-state index contributed by atoms with van der Waals surface area (Å²) < 4.78 is 1.89. The highest BCUT2D eigenvalue weighted by Gasteiger charge is 2.21. The van der Waals surface area contributed by atoms with Crippen molar-refractivity contribution >= 4 is 5.91 Å². The predicted octanol–water partition coefficient (Wildman–Crippen LogP) is -0.256. The van der Waals surface area contributed by atoms with Gasteiger partial charge in [-0.15, -0.1) is 10.2 Å². The molecule has 1 saturated heterocycles. The molecule has 2 rings (SSSR count). The molecule has 0 spiro atoms. The van der Waals surface area contributed by atoms with Crippen LogP contribution in [0, 0.1) is 0 Å². The summed E-state index contributed by atoms with van der Waals surface area (Å²) in [5, 5.41) is 14.2. The summed E-state index contributed by atoms with van der Waals surface area (Å²) in [4.78, 5) is 11.0. The Morgan fingerprint density at radius 3 is 3.12 bits per heavy atom. The van der Waals surface area contributed by atoms with E-state index in [1.54, 1.807) is 6.33 Å². The molecule has 1 aliphatic rings. The zero-order chi connectivity index (χ0) is 11.5. The van der Waals surface area contributed by atoms with Gasteiger partial charge in [-0.3, -0.25) is 4.79 Å². The first-order valence-electron chi connectivity index (χ1n) is 5.53. The number of amides is 1. The highest BCUT2D eigenvalue weighted by Crippen LogP contribution is 2.09. The van der Waals surface area contributed by atoms with E-state index in [0.717, 1.165) is 18.8 Å². The van der Waals surface area contributed by atoms with E-state index in [1.807, 2.05) is 18.5 Å². The topological polar surface area (TPSA) is 71.8 Å². The van der Waals surface area contributed by atoms with Crippen LogP contribution in [0.2, 0.25) is 0 Å². The molecule has 2 atom stereocenters. The lowest BCUT2D eigenvalue weighted by Gasteiger charge is -2.16. The molecule has 1 aromatic heterocycles. The molecular formula is C10H17N5O. The van der Waals surface area contributed by atoms with Gasteiger partial charge in [-0.05, 0) is 13.3 Å². The van der Waals surface area contributed by atoms with Crippen molar-refractivity contribution in [2.75, 3.05) is 6.54 Å². The van der Waals surface area contributed by atoms with Crippen LogP contribution in [0.4, 0.5) is 0 Å². The van der Waals surface area contributed by atoms with Gasteiger partial charge in [-0.1, -0.05) is 0 Å². The van der Waals surface area contributed by atoms with E-state index >= 15 is 0 Å². The second-order valence-corrected chi connectivity index (χ2v) is 4.23. The lowest BCUT2D eigenvalue weighted by molar-refractivity contribution is -0.119. The molecular weight excluding hydrogens is 206 g/mol. The summed E-state index contributed by atoms with van der Waals surface area (Å²) in [6.45, 7) is 2.82. The average Bonchev–Trinajstić information content (AvgIpc) is 2.84. The molecule has 0 aromatic carbocycles. The van der Waals surface area contributed by atoms with Gasteiger partial charge in [0.2, 0.25) is 5.91 Å². The largest absolute Gasteiger partial charge is 0.352 e. The molecule has 2 heterocycles. The zero-order valence-electron chi connectivity index (χ0n) is 9.60.